The molecule has 2 atom stereocenters. The molecule has 2 N–H and O–H groups in total. The van der Waals surface area contributed by atoms with Crippen molar-refractivity contribution in [3.8, 4) is 0 Å². The fraction of sp³-hybridized carbons (Fsp3) is 0.571. The zero-order valence-electron chi connectivity index (χ0n) is 10.7. The van der Waals surface area contributed by atoms with Crippen LogP contribution in [0.3, 0.4) is 0 Å². The van der Waals surface area contributed by atoms with Gasteiger partial charge in [0.05, 0.1) is 11.1 Å². The molecule has 1 aromatic rings. The van der Waals surface area contributed by atoms with Crippen LogP contribution < -0.4 is 5.32 Å². The zero-order valence-corrected chi connectivity index (χ0v) is 12.2. The van der Waals surface area contributed by atoms with E-state index in [9.17, 15) is 5.11 Å². The summed E-state index contributed by atoms with van der Waals surface area (Å²) in [5, 5.41) is 14.0. The van der Waals surface area contributed by atoms with E-state index in [0.29, 0.717) is 6.04 Å². The highest BCUT2D eigenvalue weighted by molar-refractivity contribution is 7.99. The van der Waals surface area contributed by atoms with Crippen LogP contribution in [0.25, 0.3) is 0 Å². The fourth-order valence-corrected chi connectivity index (χ4v) is 3.71. The van der Waals surface area contributed by atoms with Gasteiger partial charge in [0, 0.05) is 10.9 Å². The lowest BCUT2D eigenvalue weighted by Crippen LogP contribution is -2.27. The van der Waals surface area contributed by atoms with Crippen molar-refractivity contribution in [2.45, 2.75) is 43.2 Å². The van der Waals surface area contributed by atoms with Gasteiger partial charge >= 0.3 is 0 Å². The summed E-state index contributed by atoms with van der Waals surface area (Å²) in [5.74, 6) is 1.10. The molecule has 0 aromatic heterocycles. The summed E-state index contributed by atoms with van der Waals surface area (Å²) in [7, 11) is 0. The number of fused-ring (bicyclic) bond motifs is 1. The lowest BCUT2D eigenvalue weighted by molar-refractivity contribution is 0.158. The van der Waals surface area contributed by atoms with Crippen molar-refractivity contribution in [1.29, 1.82) is 0 Å². The third-order valence-electron chi connectivity index (χ3n) is 3.37. The SMILES string of the molecule is CCC(O)CCNC1CCSc2c(Cl)cccc21. The first kappa shape index (κ1) is 14.2. The number of thioether (sulfide) groups is 1. The standard InChI is InChI=1S/C14H20ClNOS/c1-2-10(17)6-8-16-13-7-9-18-14-11(13)4-3-5-12(14)15/h3-5,10,13,16-17H,2,6-9H2,1H3. The number of halogens is 1. The molecule has 4 heteroatoms. The van der Waals surface area contributed by atoms with E-state index in [1.807, 2.05) is 30.8 Å². The molecule has 0 saturated carbocycles. The van der Waals surface area contributed by atoms with Crippen molar-refractivity contribution in [1.82, 2.24) is 5.32 Å². The second kappa shape index (κ2) is 6.80. The summed E-state index contributed by atoms with van der Waals surface area (Å²) in [6, 6.07) is 6.50. The van der Waals surface area contributed by atoms with Crippen LogP contribution in [0.15, 0.2) is 23.1 Å². The number of benzene rings is 1. The summed E-state index contributed by atoms with van der Waals surface area (Å²) in [5.41, 5.74) is 1.31. The molecule has 2 unspecified atom stereocenters. The van der Waals surface area contributed by atoms with Gasteiger partial charge in [0.1, 0.15) is 0 Å². The summed E-state index contributed by atoms with van der Waals surface area (Å²) in [6.07, 6.45) is 2.58. The lowest BCUT2D eigenvalue weighted by atomic mass is 10.0. The van der Waals surface area contributed by atoms with Gasteiger partial charge in [-0.3, -0.25) is 0 Å². The van der Waals surface area contributed by atoms with E-state index in [1.54, 1.807) is 0 Å². The average Bonchev–Trinajstić information content (AvgIpc) is 2.39. The van der Waals surface area contributed by atoms with Crippen LogP contribution in [0, 0.1) is 0 Å². The molecule has 18 heavy (non-hydrogen) atoms. The monoisotopic (exact) mass is 285 g/mol. The van der Waals surface area contributed by atoms with Crippen molar-refractivity contribution in [2.24, 2.45) is 0 Å². The molecule has 1 aliphatic rings. The van der Waals surface area contributed by atoms with Crippen LogP contribution in [0.5, 0.6) is 0 Å². The van der Waals surface area contributed by atoms with Gasteiger partial charge in [-0.15, -0.1) is 11.8 Å². The van der Waals surface area contributed by atoms with Crippen molar-refractivity contribution in [3.63, 3.8) is 0 Å². The van der Waals surface area contributed by atoms with E-state index < -0.39 is 0 Å². The van der Waals surface area contributed by atoms with Crippen LogP contribution in [0.1, 0.15) is 37.8 Å². The highest BCUT2D eigenvalue weighted by Gasteiger charge is 2.21. The van der Waals surface area contributed by atoms with E-state index in [2.05, 4.69) is 11.4 Å². The van der Waals surface area contributed by atoms with Crippen molar-refractivity contribution in [2.75, 3.05) is 12.3 Å². The van der Waals surface area contributed by atoms with E-state index in [0.717, 1.165) is 36.6 Å². The van der Waals surface area contributed by atoms with Crippen LogP contribution in [-0.2, 0) is 0 Å². The normalized spacial score (nSPS) is 20.5. The van der Waals surface area contributed by atoms with Gasteiger partial charge in [0.2, 0.25) is 0 Å². The smallest absolute Gasteiger partial charge is 0.0549 e. The predicted octanol–water partition coefficient (Wildman–Crippen LogP) is 3.63. The molecule has 2 rings (SSSR count). The second-order valence-corrected chi connectivity index (χ2v) is 6.17. The number of aliphatic hydroxyl groups is 1. The summed E-state index contributed by atoms with van der Waals surface area (Å²) in [6.45, 7) is 2.87. The minimum absolute atomic E-state index is 0.186. The van der Waals surface area contributed by atoms with E-state index in [1.165, 1.54) is 10.5 Å². The van der Waals surface area contributed by atoms with Gasteiger partial charge in [-0.2, -0.15) is 0 Å². The molecule has 100 valence electrons. The number of hydrogen-bond donors (Lipinski definition) is 2. The van der Waals surface area contributed by atoms with Crippen LogP contribution in [0.2, 0.25) is 5.02 Å². The molecule has 1 aromatic carbocycles. The quantitative estimate of drug-likeness (QED) is 0.866. The van der Waals surface area contributed by atoms with Gasteiger partial charge in [-0.25, -0.2) is 0 Å². The molecule has 0 bridgehead atoms. The summed E-state index contributed by atoms with van der Waals surface area (Å²) < 4.78 is 0. The zero-order chi connectivity index (χ0) is 13.0. The molecule has 0 saturated heterocycles. The number of nitrogens with one attached hydrogen (secondary N) is 1. The Morgan fingerprint density at radius 2 is 2.39 bits per heavy atom. The van der Waals surface area contributed by atoms with Crippen LogP contribution in [-0.4, -0.2) is 23.5 Å². The molecule has 0 aliphatic carbocycles. The molecule has 0 radical (unpaired) electrons. The lowest BCUT2D eigenvalue weighted by Gasteiger charge is -2.27. The van der Waals surface area contributed by atoms with Gasteiger partial charge in [0.25, 0.3) is 0 Å². The van der Waals surface area contributed by atoms with Crippen LogP contribution >= 0.6 is 23.4 Å². The Balaban J connectivity index is 1.98. The maximum Gasteiger partial charge on any atom is 0.0549 e. The highest BCUT2D eigenvalue weighted by atomic mass is 35.5. The van der Waals surface area contributed by atoms with Crippen LogP contribution in [0.4, 0.5) is 0 Å². The molecular formula is C14H20ClNOS. The highest BCUT2D eigenvalue weighted by Crippen LogP contribution is 2.40. The Hall–Kier alpha value is -0.220. The Labute approximate surface area is 118 Å². The maximum atomic E-state index is 9.56. The van der Waals surface area contributed by atoms with Crippen molar-refractivity contribution >= 4 is 23.4 Å². The fourth-order valence-electron chi connectivity index (χ4n) is 2.23. The molecule has 2 nitrogen and oxygen atoms in total. The number of aliphatic hydroxyl groups excluding tert-OH is 1. The molecule has 1 heterocycles. The Morgan fingerprint density at radius 1 is 1.56 bits per heavy atom. The minimum atomic E-state index is -0.186. The third kappa shape index (κ3) is 3.41. The van der Waals surface area contributed by atoms with Gasteiger partial charge < -0.3 is 10.4 Å². The molecule has 1 aliphatic heterocycles. The largest absolute Gasteiger partial charge is 0.393 e. The first-order valence-corrected chi connectivity index (χ1v) is 7.91. The summed E-state index contributed by atoms with van der Waals surface area (Å²) >= 11 is 8.07. The van der Waals surface area contributed by atoms with Crippen molar-refractivity contribution in [3.05, 3.63) is 28.8 Å². The molecule has 0 fully saturated rings. The molecule has 0 amide bonds. The third-order valence-corrected chi connectivity index (χ3v) is 4.98. The minimum Gasteiger partial charge on any atom is -0.393 e. The van der Waals surface area contributed by atoms with Crippen molar-refractivity contribution < 1.29 is 5.11 Å². The maximum absolute atomic E-state index is 9.56. The topological polar surface area (TPSA) is 32.3 Å². The van der Waals surface area contributed by atoms with Gasteiger partial charge in [-0.05, 0) is 43.2 Å². The Morgan fingerprint density at radius 3 is 3.17 bits per heavy atom. The summed E-state index contributed by atoms with van der Waals surface area (Å²) in [4.78, 5) is 1.22. The van der Waals surface area contributed by atoms with E-state index >= 15 is 0 Å². The number of rotatable bonds is 5. The van der Waals surface area contributed by atoms with Gasteiger partial charge in [0.15, 0.2) is 0 Å². The molecular weight excluding hydrogens is 266 g/mol. The predicted molar refractivity (Wildman–Crippen MR) is 78.5 cm³/mol. The van der Waals surface area contributed by atoms with E-state index in [4.69, 9.17) is 11.6 Å². The van der Waals surface area contributed by atoms with E-state index in [-0.39, 0.29) is 6.10 Å². The second-order valence-electron chi connectivity index (χ2n) is 4.65. The number of hydrogen-bond acceptors (Lipinski definition) is 3. The molecule has 0 spiro atoms. The first-order valence-electron chi connectivity index (χ1n) is 6.55. The average molecular weight is 286 g/mol. The first-order chi connectivity index (χ1) is 8.72. The van der Waals surface area contributed by atoms with Gasteiger partial charge in [-0.1, -0.05) is 30.7 Å². The Bertz CT molecular complexity index is 399. The Kier molecular flexibility index (Phi) is 5.37.